The van der Waals surface area contributed by atoms with E-state index < -0.39 is 0 Å². The SMILES string of the molecule is O=c1nc2c(cn1C1CCC(CCCCc3cn[nH]n3)CC1)Oc1ccc(C3CCNCC3)cc1N2. The average molecular weight is 490 g/mol. The van der Waals surface area contributed by atoms with E-state index in [0.717, 1.165) is 87.5 Å². The fraction of sp³-hybridized carbons (Fsp3) is 0.556. The highest BCUT2D eigenvalue weighted by atomic mass is 16.5. The Hall–Kier alpha value is -3.20. The molecule has 36 heavy (non-hydrogen) atoms. The van der Waals surface area contributed by atoms with Gasteiger partial charge in [-0.2, -0.15) is 20.4 Å². The topological polar surface area (TPSA) is 110 Å². The summed E-state index contributed by atoms with van der Waals surface area (Å²) in [5.74, 6) is 3.24. The Morgan fingerprint density at radius 2 is 1.89 bits per heavy atom. The van der Waals surface area contributed by atoms with Gasteiger partial charge in [-0.15, -0.1) is 0 Å². The third-order valence-electron chi connectivity index (χ3n) is 8.18. The molecular formula is C27H35N7O2. The molecule has 3 N–H and O–H groups in total. The Kier molecular flexibility index (Phi) is 6.72. The maximum atomic E-state index is 13.0. The molecule has 2 aromatic heterocycles. The van der Waals surface area contributed by atoms with Crippen LogP contribution in [0.2, 0.25) is 0 Å². The van der Waals surface area contributed by atoms with Gasteiger partial charge < -0.3 is 15.4 Å². The van der Waals surface area contributed by atoms with E-state index in [9.17, 15) is 4.79 Å². The molecule has 0 amide bonds. The summed E-state index contributed by atoms with van der Waals surface area (Å²) in [5.41, 5.74) is 3.06. The smallest absolute Gasteiger partial charge is 0.350 e. The minimum Gasteiger partial charge on any atom is -0.450 e. The van der Waals surface area contributed by atoms with E-state index >= 15 is 0 Å². The van der Waals surface area contributed by atoms with Crippen molar-refractivity contribution in [1.82, 2.24) is 30.3 Å². The lowest BCUT2D eigenvalue weighted by Gasteiger charge is -2.30. The highest BCUT2D eigenvalue weighted by Crippen LogP contribution is 2.43. The number of anilines is 2. The third kappa shape index (κ3) is 5.02. The van der Waals surface area contributed by atoms with Crippen LogP contribution in [0.5, 0.6) is 11.5 Å². The van der Waals surface area contributed by atoms with Gasteiger partial charge in [0.15, 0.2) is 17.3 Å². The number of hydrogen-bond acceptors (Lipinski definition) is 7. The lowest BCUT2D eigenvalue weighted by Crippen LogP contribution is -2.30. The Labute approximate surface area is 211 Å². The monoisotopic (exact) mass is 489 g/mol. The van der Waals surface area contributed by atoms with Crippen LogP contribution in [-0.2, 0) is 6.42 Å². The summed E-state index contributed by atoms with van der Waals surface area (Å²) < 4.78 is 8.02. The van der Waals surface area contributed by atoms with Gasteiger partial charge in [-0.1, -0.05) is 18.9 Å². The van der Waals surface area contributed by atoms with Crippen molar-refractivity contribution in [3.63, 3.8) is 0 Å². The fourth-order valence-electron chi connectivity index (χ4n) is 6.06. The number of unbranched alkanes of at least 4 members (excludes halogenated alkanes) is 1. The number of benzene rings is 1. The van der Waals surface area contributed by atoms with Gasteiger partial charge in [-0.25, -0.2) is 4.79 Å². The first kappa shape index (κ1) is 23.2. The minimum absolute atomic E-state index is 0.189. The predicted octanol–water partition coefficient (Wildman–Crippen LogP) is 4.82. The van der Waals surface area contributed by atoms with E-state index in [1.54, 1.807) is 10.8 Å². The van der Waals surface area contributed by atoms with Gasteiger partial charge >= 0.3 is 5.69 Å². The molecule has 1 saturated carbocycles. The molecule has 3 aliphatic rings. The van der Waals surface area contributed by atoms with Crippen molar-refractivity contribution in [3.05, 3.63) is 52.3 Å². The number of piperidine rings is 1. The lowest BCUT2D eigenvalue weighted by atomic mass is 9.83. The number of fused-ring (bicyclic) bond motifs is 2. The van der Waals surface area contributed by atoms with E-state index in [1.165, 1.54) is 18.4 Å². The van der Waals surface area contributed by atoms with Crippen LogP contribution in [0, 0.1) is 5.92 Å². The van der Waals surface area contributed by atoms with Crippen molar-refractivity contribution in [2.24, 2.45) is 5.92 Å². The average Bonchev–Trinajstić information content (AvgIpc) is 3.44. The molecule has 3 aromatic rings. The second-order valence-electron chi connectivity index (χ2n) is 10.5. The third-order valence-corrected chi connectivity index (χ3v) is 8.18. The van der Waals surface area contributed by atoms with E-state index in [2.05, 4.69) is 43.2 Å². The lowest BCUT2D eigenvalue weighted by molar-refractivity contribution is 0.253. The summed E-state index contributed by atoms with van der Waals surface area (Å²) in [4.78, 5) is 17.3. The van der Waals surface area contributed by atoms with Crippen LogP contribution in [0.3, 0.4) is 0 Å². The number of H-pyrrole nitrogens is 1. The van der Waals surface area contributed by atoms with Crippen LogP contribution in [0.25, 0.3) is 0 Å². The van der Waals surface area contributed by atoms with Gasteiger partial charge in [0.05, 0.1) is 23.8 Å². The summed E-state index contributed by atoms with van der Waals surface area (Å²) in [6.45, 7) is 2.11. The number of aromatic nitrogens is 5. The summed E-state index contributed by atoms with van der Waals surface area (Å²) in [5, 5.41) is 17.5. The standard InChI is InChI=1S/C27H35N7O2/c35-27-31-26-25(36-24-10-7-20(15-23(24)30-26)19-11-13-28-14-12-19)17-34(27)22-8-5-18(6-9-22)3-1-2-4-21-16-29-33-32-21/h7,10,15-19,22,28H,1-6,8-9,11-14H2,(H,29,32,33)(H,30,31,35). The highest BCUT2D eigenvalue weighted by molar-refractivity contribution is 5.73. The zero-order valence-corrected chi connectivity index (χ0v) is 20.7. The van der Waals surface area contributed by atoms with Crippen molar-refractivity contribution in [2.45, 2.75) is 76.2 Å². The molecule has 0 radical (unpaired) electrons. The number of nitrogens with one attached hydrogen (secondary N) is 3. The van der Waals surface area contributed by atoms with E-state index in [4.69, 9.17) is 4.74 Å². The predicted molar refractivity (Wildman–Crippen MR) is 138 cm³/mol. The normalized spacial score (nSPS) is 21.8. The molecule has 1 saturated heterocycles. The molecule has 0 atom stereocenters. The van der Waals surface area contributed by atoms with E-state index in [0.29, 0.717) is 17.5 Å². The highest BCUT2D eigenvalue weighted by Gasteiger charge is 2.27. The quantitative estimate of drug-likeness (QED) is 0.319. The molecule has 9 nitrogen and oxygen atoms in total. The number of aryl methyl sites for hydroxylation is 1. The molecule has 1 aliphatic carbocycles. The maximum Gasteiger partial charge on any atom is 0.350 e. The van der Waals surface area contributed by atoms with E-state index in [-0.39, 0.29) is 11.7 Å². The summed E-state index contributed by atoms with van der Waals surface area (Å²) in [6, 6.07) is 6.58. The first-order valence-corrected chi connectivity index (χ1v) is 13.5. The van der Waals surface area contributed by atoms with Crippen LogP contribution in [0.1, 0.15) is 81.0 Å². The van der Waals surface area contributed by atoms with Crippen molar-refractivity contribution >= 4 is 11.5 Å². The zero-order valence-electron chi connectivity index (χ0n) is 20.7. The maximum absolute atomic E-state index is 13.0. The minimum atomic E-state index is -0.195. The molecule has 0 bridgehead atoms. The van der Waals surface area contributed by atoms with Crippen LogP contribution < -0.4 is 21.1 Å². The van der Waals surface area contributed by atoms with Crippen LogP contribution >= 0.6 is 0 Å². The van der Waals surface area contributed by atoms with Crippen molar-refractivity contribution < 1.29 is 4.74 Å². The van der Waals surface area contributed by atoms with Gasteiger partial charge in [-0.3, -0.25) is 4.57 Å². The first-order chi connectivity index (χ1) is 17.7. The Morgan fingerprint density at radius 1 is 1.03 bits per heavy atom. The summed E-state index contributed by atoms with van der Waals surface area (Å²) in [6.07, 6.45) is 14.9. The summed E-state index contributed by atoms with van der Waals surface area (Å²) >= 11 is 0. The van der Waals surface area contributed by atoms with Crippen LogP contribution in [0.4, 0.5) is 11.5 Å². The first-order valence-electron chi connectivity index (χ1n) is 13.5. The molecule has 0 spiro atoms. The van der Waals surface area contributed by atoms with Crippen LogP contribution in [-0.4, -0.2) is 38.1 Å². The van der Waals surface area contributed by atoms with Gasteiger partial charge in [-0.05, 0) is 94.0 Å². The Morgan fingerprint density at radius 3 is 2.69 bits per heavy atom. The Bertz CT molecular complexity index is 1230. The molecule has 2 aliphatic heterocycles. The van der Waals surface area contributed by atoms with Crippen LogP contribution in [0.15, 0.2) is 35.4 Å². The van der Waals surface area contributed by atoms with E-state index in [1.807, 2.05) is 12.3 Å². The number of ether oxygens (including phenoxy) is 1. The van der Waals surface area contributed by atoms with Gasteiger partial charge in [0.25, 0.3) is 0 Å². The molecule has 190 valence electrons. The molecule has 1 aromatic carbocycles. The Balaban J connectivity index is 1.06. The van der Waals surface area contributed by atoms with Crippen molar-refractivity contribution in [2.75, 3.05) is 18.4 Å². The van der Waals surface area contributed by atoms with Crippen molar-refractivity contribution in [1.29, 1.82) is 0 Å². The second kappa shape index (κ2) is 10.4. The molecule has 4 heterocycles. The zero-order chi connectivity index (χ0) is 24.3. The number of hydrogen-bond donors (Lipinski definition) is 3. The molecule has 0 unspecified atom stereocenters. The number of aromatic amines is 1. The largest absolute Gasteiger partial charge is 0.450 e. The van der Waals surface area contributed by atoms with Gasteiger partial charge in [0.1, 0.15) is 0 Å². The number of rotatable bonds is 7. The fourth-order valence-corrected chi connectivity index (χ4v) is 6.06. The molecular weight excluding hydrogens is 454 g/mol. The van der Waals surface area contributed by atoms with Crippen molar-refractivity contribution in [3.8, 4) is 11.5 Å². The number of nitrogens with zero attached hydrogens (tertiary/aromatic N) is 4. The molecule has 2 fully saturated rings. The molecule has 9 heteroatoms. The molecule has 6 rings (SSSR count). The van der Waals surface area contributed by atoms with Gasteiger partial charge in [0.2, 0.25) is 0 Å². The summed E-state index contributed by atoms with van der Waals surface area (Å²) in [7, 11) is 0. The second-order valence-corrected chi connectivity index (χ2v) is 10.5. The van der Waals surface area contributed by atoms with Gasteiger partial charge in [0, 0.05) is 6.04 Å².